The number of nitrogens with zero attached hydrogens (tertiary/aromatic N) is 2. The number of cyclic esters (lactones) is 1. The van der Waals surface area contributed by atoms with E-state index >= 15 is 0 Å². The van der Waals surface area contributed by atoms with Crippen molar-refractivity contribution in [2.24, 2.45) is 0 Å². The molecular weight excluding hydrogens is 256 g/mol. The maximum absolute atomic E-state index is 12.1. The summed E-state index contributed by atoms with van der Waals surface area (Å²) >= 11 is 0. The first-order valence-corrected chi connectivity index (χ1v) is 7.12. The van der Waals surface area contributed by atoms with E-state index in [4.69, 9.17) is 9.84 Å². The molecule has 5 heteroatoms. The maximum atomic E-state index is 12.1. The quantitative estimate of drug-likeness (QED) is 0.898. The van der Waals surface area contributed by atoms with E-state index in [2.05, 4.69) is 4.98 Å². The first-order chi connectivity index (χ1) is 9.61. The van der Waals surface area contributed by atoms with Gasteiger partial charge in [-0.25, -0.2) is 4.79 Å². The summed E-state index contributed by atoms with van der Waals surface area (Å²) in [4.78, 5) is 18.1. The van der Waals surface area contributed by atoms with E-state index < -0.39 is 0 Å². The number of rotatable bonds is 5. The number of aryl methyl sites for hydroxylation is 1. The molecule has 0 radical (unpaired) electrons. The fraction of sp³-hybridized carbons (Fsp3) is 0.600. The summed E-state index contributed by atoms with van der Waals surface area (Å²) in [5.41, 5.74) is 1.98. The predicted octanol–water partition coefficient (Wildman–Crippen LogP) is 2.43. The highest BCUT2D eigenvalue weighted by molar-refractivity contribution is 5.69. The second-order valence-electron chi connectivity index (χ2n) is 5.26. The maximum Gasteiger partial charge on any atom is 0.410 e. The molecule has 1 aliphatic rings. The molecule has 1 aromatic heterocycles. The summed E-state index contributed by atoms with van der Waals surface area (Å²) in [6.45, 7) is 4.75. The Bertz CT molecular complexity index is 447. The average Bonchev–Trinajstić information content (AvgIpc) is 2.45. The van der Waals surface area contributed by atoms with Crippen molar-refractivity contribution < 1.29 is 14.6 Å². The molecule has 1 amide bonds. The molecule has 2 unspecified atom stereocenters. The van der Waals surface area contributed by atoms with Crippen molar-refractivity contribution in [1.82, 2.24) is 9.88 Å². The molecule has 0 spiro atoms. The lowest BCUT2D eigenvalue weighted by Gasteiger charge is -2.35. The van der Waals surface area contributed by atoms with Gasteiger partial charge in [0, 0.05) is 31.5 Å². The molecule has 2 rings (SSSR count). The van der Waals surface area contributed by atoms with Gasteiger partial charge < -0.3 is 14.7 Å². The summed E-state index contributed by atoms with van der Waals surface area (Å²) in [6, 6.07) is 3.91. The van der Waals surface area contributed by atoms with Crippen LogP contribution in [0.1, 0.15) is 43.5 Å². The van der Waals surface area contributed by atoms with Crippen molar-refractivity contribution >= 4 is 6.09 Å². The van der Waals surface area contributed by atoms with Crippen LogP contribution in [0, 0.1) is 6.92 Å². The highest BCUT2D eigenvalue weighted by Crippen LogP contribution is 2.26. The van der Waals surface area contributed by atoms with E-state index in [0.29, 0.717) is 13.0 Å². The molecule has 1 N–H and O–H groups in total. The largest absolute Gasteiger partial charge is 0.446 e. The minimum Gasteiger partial charge on any atom is -0.446 e. The third-order valence-electron chi connectivity index (χ3n) is 3.76. The minimum atomic E-state index is -0.271. The van der Waals surface area contributed by atoms with Gasteiger partial charge in [0.1, 0.15) is 6.10 Å². The number of hydrogen-bond donors (Lipinski definition) is 1. The highest BCUT2D eigenvalue weighted by atomic mass is 16.6. The van der Waals surface area contributed by atoms with Gasteiger partial charge in [0.25, 0.3) is 0 Å². The zero-order valence-corrected chi connectivity index (χ0v) is 12.1. The second-order valence-corrected chi connectivity index (χ2v) is 5.26. The molecule has 0 aromatic carbocycles. The van der Waals surface area contributed by atoms with Crippen LogP contribution in [0.4, 0.5) is 4.79 Å². The summed E-state index contributed by atoms with van der Waals surface area (Å²) in [5, 5.41) is 8.82. The van der Waals surface area contributed by atoms with E-state index in [-0.39, 0.29) is 24.8 Å². The summed E-state index contributed by atoms with van der Waals surface area (Å²) in [5.74, 6) is 0. The van der Waals surface area contributed by atoms with Crippen LogP contribution in [-0.2, 0) is 4.74 Å². The van der Waals surface area contributed by atoms with Crippen molar-refractivity contribution in [3.8, 4) is 0 Å². The van der Waals surface area contributed by atoms with Gasteiger partial charge in [0.15, 0.2) is 0 Å². The van der Waals surface area contributed by atoms with Gasteiger partial charge in [0.2, 0.25) is 0 Å². The molecule has 5 nitrogen and oxygen atoms in total. The first-order valence-electron chi connectivity index (χ1n) is 7.12. The third kappa shape index (κ3) is 3.48. The molecule has 2 atom stereocenters. The van der Waals surface area contributed by atoms with Gasteiger partial charge in [-0.2, -0.15) is 0 Å². The van der Waals surface area contributed by atoms with Crippen molar-refractivity contribution in [2.45, 2.75) is 45.3 Å². The van der Waals surface area contributed by atoms with Crippen LogP contribution in [0.2, 0.25) is 0 Å². The van der Waals surface area contributed by atoms with Gasteiger partial charge in [-0.3, -0.25) is 4.98 Å². The van der Waals surface area contributed by atoms with Gasteiger partial charge in [-0.1, -0.05) is 6.07 Å². The predicted molar refractivity (Wildman–Crippen MR) is 75.3 cm³/mol. The van der Waals surface area contributed by atoms with Crippen LogP contribution in [0.5, 0.6) is 0 Å². The Morgan fingerprint density at radius 3 is 2.95 bits per heavy atom. The molecule has 0 bridgehead atoms. The number of aromatic nitrogens is 1. The molecule has 0 aliphatic carbocycles. The Morgan fingerprint density at radius 2 is 2.35 bits per heavy atom. The van der Waals surface area contributed by atoms with Crippen molar-refractivity contribution in [1.29, 1.82) is 0 Å². The Labute approximate surface area is 119 Å². The molecule has 1 saturated heterocycles. The van der Waals surface area contributed by atoms with E-state index in [1.54, 1.807) is 4.90 Å². The lowest BCUT2D eigenvalue weighted by atomic mass is 10.1. The topological polar surface area (TPSA) is 62.7 Å². The number of hydrogen-bond acceptors (Lipinski definition) is 4. The minimum absolute atomic E-state index is 0.0330. The van der Waals surface area contributed by atoms with E-state index in [1.165, 1.54) is 0 Å². The number of aliphatic hydroxyl groups is 1. The first kappa shape index (κ1) is 14.8. The summed E-state index contributed by atoms with van der Waals surface area (Å²) in [7, 11) is 0. The van der Waals surface area contributed by atoms with Crippen LogP contribution < -0.4 is 0 Å². The smallest absolute Gasteiger partial charge is 0.410 e. The lowest BCUT2D eigenvalue weighted by Crippen LogP contribution is -2.43. The number of ether oxygens (including phenoxy) is 1. The molecular formula is C15H22N2O3. The van der Waals surface area contributed by atoms with E-state index in [0.717, 1.165) is 24.1 Å². The highest BCUT2D eigenvalue weighted by Gasteiger charge is 2.30. The average molecular weight is 278 g/mol. The standard InChI is InChI=1S/C15H22N2O3/c1-11-5-6-13(10-16-11)12(2)17-8-7-14(4-3-9-18)20-15(17)19/h5-6,10,12,14,18H,3-4,7-9H2,1-2H3. The van der Waals surface area contributed by atoms with Crippen LogP contribution in [-0.4, -0.2) is 40.3 Å². The van der Waals surface area contributed by atoms with Gasteiger partial charge in [0.05, 0.1) is 6.04 Å². The molecule has 1 aromatic rings. The fourth-order valence-corrected chi connectivity index (χ4v) is 2.42. The van der Waals surface area contributed by atoms with Gasteiger partial charge in [-0.15, -0.1) is 0 Å². The summed E-state index contributed by atoms with van der Waals surface area (Å²) < 4.78 is 5.42. The Kier molecular flexibility index (Phi) is 4.95. The van der Waals surface area contributed by atoms with E-state index in [9.17, 15) is 4.79 Å². The molecule has 20 heavy (non-hydrogen) atoms. The number of carbonyl (C=O) groups is 1. The van der Waals surface area contributed by atoms with Crippen molar-refractivity contribution in [3.63, 3.8) is 0 Å². The van der Waals surface area contributed by atoms with Crippen LogP contribution >= 0.6 is 0 Å². The molecule has 1 fully saturated rings. The van der Waals surface area contributed by atoms with Crippen LogP contribution in [0.3, 0.4) is 0 Å². The van der Waals surface area contributed by atoms with Gasteiger partial charge >= 0.3 is 6.09 Å². The second kappa shape index (κ2) is 6.70. The normalized spacial score (nSPS) is 20.6. The third-order valence-corrected chi connectivity index (χ3v) is 3.76. The van der Waals surface area contributed by atoms with Crippen molar-refractivity contribution in [2.75, 3.05) is 13.2 Å². The fourth-order valence-electron chi connectivity index (χ4n) is 2.42. The SMILES string of the molecule is Cc1ccc(C(C)N2CCC(CCCO)OC2=O)cn1. The zero-order chi connectivity index (χ0) is 14.5. The van der Waals surface area contributed by atoms with E-state index in [1.807, 2.05) is 32.2 Å². The molecule has 1 aliphatic heterocycles. The number of amides is 1. The number of carbonyl (C=O) groups excluding carboxylic acids is 1. The van der Waals surface area contributed by atoms with Gasteiger partial charge in [-0.05, 0) is 38.3 Å². The summed E-state index contributed by atoms with van der Waals surface area (Å²) in [6.07, 6.45) is 3.70. The Morgan fingerprint density at radius 1 is 1.55 bits per heavy atom. The molecule has 0 saturated carbocycles. The number of pyridine rings is 1. The zero-order valence-electron chi connectivity index (χ0n) is 12.1. The molecule has 110 valence electrons. The number of aliphatic hydroxyl groups excluding tert-OH is 1. The van der Waals surface area contributed by atoms with Crippen LogP contribution in [0.15, 0.2) is 18.3 Å². The molecule has 2 heterocycles. The van der Waals surface area contributed by atoms with Crippen LogP contribution in [0.25, 0.3) is 0 Å². The van der Waals surface area contributed by atoms with Crippen molar-refractivity contribution in [3.05, 3.63) is 29.6 Å². The lowest BCUT2D eigenvalue weighted by molar-refractivity contribution is 0.00756. The Balaban J connectivity index is 1.96. The monoisotopic (exact) mass is 278 g/mol. The Hall–Kier alpha value is -1.62.